The van der Waals surface area contributed by atoms with Crippen molar-refractivity contribution in [3.05, 3.63) is 17.8 Å². The van der Waals surface area contributed by atoms with Gasteiger partial charge in [-0.1, -0.05) is 34.6 Å². The first kappa shape index (κ1) is 19.3. The number of guanidine groups is 1. The maximum Gasteiger partial charge on any atom is 0.216 e. The molecule has 1 saturated carbocycles. The first-order valence-corrected chi connectivity index (χ1v) is 7.72. The number of aromatic nitrogens is 1. The Morgan fingerprint density at radius 2 is 2.09 bits per heavy atom. The predicted molar refractivity (Wildman–Crippen MR) is 101 cm³/mol. The van der Waals surface area contributed by atoms with E-state index in [2.05, 4.69) is 62.2 Å². The Hall–Kier alpha value is -0.790. The summed E-state index contributed by atoms with van der Waals surface area (Å²) in [4.78, 5) is 8.87. The molecule has 0 saturated heterocycles. The van der Waals surface area contributed by atoms with E-state index in [1.165, 1.54) is 6.42 Å². The molecule has 2 N–H and O–H groups in total. The van der Waals surface area contributed by atoms with Crippen molar-refractivity contribution in [1.29, 1.82) is 0 Å². The highest BCUT2D eigenvalue weighted by molar-refractivity contribution is 14.0. The molecule has 22 heavy (non-hydrogen) atoms. The number of oxazole rings is 1. The summed E-state index contributed by atoms with van der Waals surface area (Å²) >= 11 is 0. The van der Waals surface area contributed by atoms with Crippen LogP contribution in [0.2, 0.25) is 0 Å². The molecule has 1 aliphatic carbocycles. The Bertz CT molecular complexity index is 516. The highest BCUT2D eigenvalue weighted by atomic mass is 127. The zero-order chi connectivity index (χ0) is 15.7. The summed E-state index contributed by atoms with van der Waals surface area (Å²) in [6, 6.07) is 0.505. The fourth-order valence-corrected chi connectivity index (χ4v) is 2.08. The average molecular weight is 420 g/mol. The normalized spacial score (nSPS) is 20.3. The zero-order valence-electron chi connectivity index (χ0n) is 14.5. The van der Waals surface area contributed by atoms with Crippen LogP contribution in [0, 0.1) is 5.41 Å². The van der Waals surface area contributed by atoms with Gasteiger partial charge >= 0.3 is 0 Å². The second kappa shape index (κ2) is 7.19. The third kappa shape index (κ3) is 5.14. The van der Waals surface area contributed by atoms with Crippen molar-refractivity contribution in [3.8, 4) is 0 Å². The molecule has 1 aliphatic rings. The Kier molecular flexibility index (Phi) is 6.29. The van der Waals surface area contributed by atoms with E-state index >= 15 is 0 Å². The van der Waals surface area contributed by atoms with Crippen LogP contribution in [0.15, 0.2) is 15.6 Å². The fraction of sp³-hybridized carbons (Fsp3) is 0.750. The smallest absolute Gasteiger partial charge is 0.216 e. The van der Waals surface area contributed by atoms with E-state index in [1.807, 2.05) is 0 Å². The number of halogens is 1. The molecule has 1 unspecified atom stereocenters. The van der Waals surface area contributed by atoms with E-state index in [9.17, 15) is 0 Å². The molecule has 0 aromatic carbocycles. The van der Waals surface area contributed by atoms with Crippen LogP contribution < -0.4 is 10.6 Å². The summed E-state index contributed by atoms with van der Waals surface area (Å²) in [6.07, 6.45) is 2.99. The van der Waals surface area contributed by atoms with Gasteiger partial charge in [-0.3, -0.25) is 0 Å². The molecule has 5 nitrogen and oxygen atoms in total. The molecule has 0 amide bonds. The average Bonchev–Trinajstić information content (AvgIpc) is 2.78. The maximum atomic E-state index is 5.76. The molecule has 1 atom stereocenters. The Labute approximate surface area is 150 Å². The summed E-state index contributed by atoms with van der Waals surface area (Å²) in [5.74, 6) is 2.39. The highest BCUT2D eigenvalue weighted by Crippen LogP contribution is 2.44. The lowest BCUT2D eigenvalue weighted by Gasteiger charge is -2.13. The van der Waals surface area contributed by atoms with E-state index in [4.69, 9.17) is 4.42 Å². The van der Waals surface area contributed by atoms with Crippen molar-refractivity contribution in [3.63, 3.8) is 0 Å². The fourth-order valence-electron chi connectivity index (χ4n) is 2.08. The van der Waals surface area contributed by atoms with Crippen LogP contribution >= 0.6 is 24.0 Å². The van der Waals surface area contributed by atoms with Crippen molar-refractivity contribution in [2.45, 2.75) is 66.0 Å². The van der Waals surface area contributed by atoms with Gasteiger partial charge in [0.15, 0.2) is 5.96 Å². The number of rotatable bonds is 4. The predicted octanol–water partition coefficient (Wildman–Crippen LogP) is 3.44. The lowest BCUT2D eigenvalue weighted by Crippen LogP contribution is -2.39. The van der Waals surface area contributed by atoms with Gasteiger partial charge in [-0.15, -0.1) is 24.0 Å². The van der Waals surface area contributed by atoms with Crippen molar-refractivity contribution in [2.24, 2.45) is 10.4 Å². The first-order chi connectivity index (χ1) is 9.72. The van der Waals surface area contributed by atoms with Gasteiger partial charge in [0.1, 0.15) is 12.3 Å². The minimum Gasteiger partial charge on any atom is -0.443 e. The molecule has 2 rings (SSSR count). The van der Waals surface area contributed by atoms with Gasteiger partial charge in [-0.25, -0.2) is 9.98 Å². The van der Waals surface area contributed by atoms with Crippen molar-refractivity contribution in [1.82, 2.24) is 15.6 Å². The summed E-state index contributed by atoms with van der Waals surface area (Å²) in [7, 11) is 0. The van der Waals surface area contributed by atoms with E-state index < -0.39 is 0 Å². The van der Waals surface area contributed by atoms with Gasteiger partial charge in [0.05, 0.1) is 6.20 Å². The zero-order valence-corrected chi connectivity index (χ0v) is 16.8. The molecule has 0 radical (unpaired) electrons. The molecule has 6 heteroatoms. The minimum atomic E-state index is -0.0181. The summed E-state index contributed by atoms with van der Waals surface area (Å²) in [6.45, 7) is 14.2. The largest absolute Gasteiger partial charge is 0.443 e. The van der Waals surface area contributed by atoms with Crippen LogP contribution in [0.5, 0.6) is 0 Å². The van der Waals surface area contributed by atoms with Crippen molar-refractivity contribution >= 4 is 29.9 Å². The molecule has 1 heterocycles. The Morgan fingerprint density at radius 1 is 1.45 bits per heavy atom. The maximum absolute atomic E-state index is 5.76. The van der Waals surface area contributed by atoms with Crippen LogP contribution in [-0.4, -0.2) is 23.5 Å². The highest BCUT2D eigenvalue weighted by Gasteiger charge is 2.46. The van der Waals surface area contributed by atoms with Crippen molar-refractivity contribution in [2.75, 3.05) is 6.54 Å². The molecule has 1 fully saturated rings. The Balaban J connectivity index is 0.00000242. The second-order valence-corrected chi connectivity index (χ2v) is 7.45. The monoisotopic (exact) mass is 420 g/mol. The molecule has 1 aromatic rings. The second-order valence-electron chi connectivity index (χ2n) is 7.45. The number of hydrogen-bond acceptors (Lipinski definition) is 3. The number of aliphatic imine (C=N–C) groups is 1. The van der Waals surface area contributed by atoms with Crippen LogP contribution in [-0.2, 0) is 12.0 Å². The summed E-state index contributed by atoms with van der Waals surface area (Å²) < 4.78 is 5.76. The quantitative estimate of drug-likeness (QED) is 0.445. The lowest BCUT2D eigenvalue weighted by molar-refractivity contribution is 0.383. The molecule has 0 aliphatic heterocycles. The molecular formula is C16H29IN4O. The number of hydrogen-bond donors (Lipinski definition) is 2. The number of nitrogens with zero attached hydrogens (tertiary/aromatic N) is 2. The van der Waals surface area contributed by atoms with Crippen LogP contribution in [0.4, 0.5) is 0 Å². The Morgan fingerprint density at radius 3 is 2.55 bits per heavy atom. The van der Waals surface area contributed by atoms with Crippen LogP contribution in [0.1, 0.15) is 59.6 Å². The van der Waals surface area contributed by atoms with Gasteiger partial charge in [0.25, 0.3) is 0 Å². The van der Waals surface area contributed by atoms with Crippen LogP contribution in [0.3, 0.4) is 0 Å². The summed E-state index contributed by atoms with van der Waals surface area (Å²) in [5, 5.41) is 6.73. The van der Waals surface area contributed by atoms with E-state index in [-0.39, 0.29) is 29.4 Å². The van der Waals surface area contributed by atoms with Gasteiger partial charge in [-0.2, -0.15) is 0 Å². The van der Waals surface area contributed by atoms with E-state index in [1.54, 1.807) is 6.20 Å². The number of nitrogens with one attached hydrogen (secondary N) is 2. The van der Waals surface area contributed by atoms with Crippen LogP contribution in [0.25, 0.3) is 0 Å². The summed E-state index contributed by atoms with van der Waals surface area (Å²) in [5.41, 5.74) is 0.355. The SMILES string of the molecule is CCNC(=NCc1ncc(C(C)(C)C)o1)NC1CC1(C)C.I. The lowest BCUT2D eigenvalue weighted by atomic mass is 9.94. The topological polar surface area (TPSA) is 62.5 Å². The third-order valence-electron chi connectivity index (χ3n) is 3.83. The van der Waals surface area contributed by atoms with Gasteiger partial charge in [0.2, 0.25) is 5.89 Å². The van der Waals surface area contributed by atoms with E-state index in [0.717, 1.165) is 18.3 Å². The standard InChI is InChI=1S/C16H28N4O.HI/c1-7-17-14(20-11-8-16(11,5)6)19-10-13-18-9-12(21-13)15(2,3)4;/h9,11H,7-8,10H2,1-6H3,(H2,17,19,20);1H. The van der Waals surface area contributed by atoms with E-state index in [0.29, 0.717) is 23.9 Å². The third-order valence-corrected chi connectivity index (χ3v) is 3.83. The first-order valence-electron chi connectivity index (χ1n) is 7.72. The van der Waals surface area contributed by atoms with Gasteiger partial charge in [0, 0.05) is 18.0 Å². The molecule has 0 bridgehead atoms. The minimum absolute atomic E-state index is 0. The molecule has 126 valence electrons. The molecule has 1 aromatic heterocycles. The van der Waals surface area contributed by atoms with Gasteiger partial charge in [-0.05, 0) is 18.8 Å². The molecular weight excluding hydrogens is 391 g/mol. The van der Waals surface area contributed by atoms with Gasteiger partial charge < -0.3 is 15.1 Å². The molecule has 0 spiro atoms. The van der Waals surface area contributed by atoms with Crippen molar-refractivity contribution < 1.29 is 4.42 Å².